The first-order chi connectivity index (χ1) is 8.78. The Hall–Kier alpha value is -1.27. The van der Waals surface area contributed by atoms with Gasteiger partial charge in [-0.2, -0.15) is 5.26 Å². The predicted octanol–water partition coefficient (Wildman–Crippen LogP) is 2.39. The molecule has 2 fully saturated rings. The fourth-order valence-electron chi connectivity index (χ4n) is 2.41. The molecule has 2 aliphatic heterocycles. The van der Waals surface area contributed by atoms with E-state index in [-0.39, 0.29) is 5.41 Å². The van der Waals surface area contributed by atoms with Crippen LogP contribution in [-0.4, -0.2) is 42.5 Å². The van der Waals surface area contributed by atoms with E-state index < -0.39 is 0 Å². The zero-order valence-corrected chi connectivity index (χ0v) is 11.3. The van der Waals surface area contributed by atoms with Crippen LogP contribution in [0.2, 0.25) is 0 Å². The van der Waals surface area contributed by atoms with Crippen molar-refractivity contribution >= 4 is 0 Å². The molecule has 0 spiro atoms. The lowest BCUT2D eigenvalue weighted by molar-refractivity contribution is 0.152. The van der Waals surface area contributed by atoms with E-state index in [1.165, 1.54) is 13.1 Å². The van der Waals surface area contributed by atoms with Crippen molar-refractivity contribution in [1.29, 1.82) is 5.26 Å². The Morgan fingerprint density at radius 2 is 1.89 bits per heavy atom. The first-order valence-corrected chi connectivity index (χ1v) is 6.99. The van der Waals surface area contributed by atoms with Crippen LogP contribution >= 0.6 is 0 Å². The van der Waals surface area contributed by atoms with Crippen LogP contribution in [0.5, 0.6) is 0 Å². The van der Waals surface area contributed by atoms with Gasteiger partial charge in [0.2, 0.25) is 0 Å². The normalized spacial score (nSPS) is 23.7. The van der Waals surface area contributed by atoms with Gasteiger partial charge in [0, 0.05) is 13.1 Å². The van der Waals surface area contributed by atoms with E-state index in [1.807, 2.05) is 0 Å². The molecule has 0 aromatic rings. The third-order valence-corrected chi connectivity index (χ3v) is 4.03. The smallest absolute Gasteiger partial charge is 0.0694 e. The summed E-state index contributed by atoms with van der Waals surface area (Å²) in [5, 5.41) is 9.43. The van der Waals surface area contributed by atoms with E-state index in [1.54, 1.807) is 0 Å². The van der Waals surface area contributed by atoms with Crippen LogP contribution < -0.4 is 0 Å². The van der Waals surface area contributed by atoms with Crippen LogP contribution in [0.15, 0.2) is 24.4 Å². The Labute approximate surface area is 110 Å². The Bertz CT molecular complexity index is 352. The van der Waals surface area contributed by atoms with E-state index in [2.05, 4.69) is 47.2 Å². The summed E-state index contributed by atoms with van der Waals surface area (Å²) in [6.45, 7) is 7.83. The van der Waals surface area contributed by atoms with Gasteiger partial charge in [-0.05, 0) is 51.2 Å². The summed E-state index contributed by atoms with van der Waals surface area (Å²) in [6.07, 6.45) is 11.4. The molecule has 0 bridgehead atoms. The Morgan fingerprint density at radius 1 is 1.17 bits per heavy atom. The highest BCUT2D eigenvalue weighted by Gasteiger charge is 2.32. The van der Waals surface area contributed by atoms with Gasteiger partial charge in [0.05, 0.1) is 11.5 Å². The van der Waals surface area contributed by atoms with Crippen LogP contribution in [0.4, 0.5) is 0 Å². The van der Waals surface area contributed by atoms with Crippen molar-refractivity contribution in [2.75, 3.05) is 32.7 Å². The van der Waals surface area contributed by atoms with Crippen molar-refractivity contribution in [3.8, 4) is 6.07 Å². The van der Waals surface area contributed by atoms with Gasteiger partial charge in [-0.15, -0.1) is 0 Å². The fourth-order valence-corrected chi connectivity index (χ4v) is 2.41. The number of nitrogens with zero attached hydrogens (tertiary/aromatic N) is 3. The number of likely N-dealkylation sites (tertiary alicyclic amines) is 1. The van der Waals surface area contributed by atoms with Gasteiger partial charge < -0.3 is 9.80 Å². The second-order valence-electron chi connectivity index (χ2n) is 5.34. The Balaban J connectivity index is 1.79. The SMILES string of the molecule is CCN1CCC(C#N)(CC=CC=CN2CC2)CC1. The van der Waals surface area contributed by atoms with Crippen molar-refractivity contribution in [2.45, 2.75) is 26.2 Å². The van der Waals surface area contributed by atoms with Gasteiger partial charge in [-0.3, -0.25) is 0 Å². The summed E-state index contributed by atoms with van der Waals surface area (Å²) in [5.74, 6) is 0. The standard InChI is InChI=1S/C15H23N3/c1-2-17-10-7-15(14-16,8-11-17)6-4-3-5-9-18-12-13-18/h3-5,9H,2,6-8,10-13H2,1H3. The Kier molecular flexibility index (Phi) is 4.43. The van der Waals surface area contributed by atoms with Gasteiger partial charge in [0.15, 0.2) is 0 Å². The number of rotatable bonds is 5. The molecule has 0 N–H and O–H groups in total. The van der Waals surface area contributed by atoms with Crippen molar-refractivity contribution < 1.29 is 0 Å². The summed E-state index contributed by atoms with van der Waals surface area (Å²) in [4.78, 5) is 4.68. The molecule has 0 radical (unpaired) electrons. The molecule has 2 saturated heterocycles. The summed E-state index contributed by atoms with van der Waals surface area (Å²) < 4.78 is 0. The maximum Gasteiger partial charge on any atom is 0.0694 e. The highest BCUT2D eigenvalue weighted by Crippen LogP contribution is 2.34. The summed E-state index contributed by atoms with van der Waals surface area (Å²) >= 11 is 0. The second-order valence-corrected chi connectivity index (χ2v) is 5.34. The first-order valence-electron chi connectivity index (χ1n) is 6.99. The third-order valence-electron chi connectivity index (χ3n) is 4.03. The minimum absolute atomic E-state index is 0.115. The summed E-state index contributed by atoms with van der Waals surface area (Å²) in [5.41, 5.74) is -0.115. The number of hydrogen-bond acceptors (Lipinski definition) is 3. The maximum atomic E-state index is 9.43. The molecule has 0 atom stereocenters. The van der Waals surface area contributed by atoms with Crippen molar-refractivity contribution in [3.05, 3.63) is 24.4 Å². The maximum absolute atomic E-state index is 9.43. The summed E-state index contributed by atoms with van der Waals surface area (Å²) in [7, 11) is 0. The van der Waals surface area contributed by atoms with E-state index >= 15 is 0 Å². The lowest BCUT2D eigenvalue weighted by Crippen LogP contribution is -2.39. The zero-order chi connectivity index (χ0) is 12.8. The average molecular weight is 245 g/mol. The second kappa shape index (κ2) is 6.06. The van der Waals surface area contributed by atoms with E-state index in [9.17, 15) is 5.26 Å². The van der Waals surface area contributed by atoms with Crippen molar-refractivity contribution in [1.82, 2.24) is 9.80 Å². The molecular weight excluding hydrogens is 222 g/mol. The van der Waals surface area contributed by atoms with Gasteiger partial charge >= 0.3 is 0 Å². The lowest BCUT2D eigenvalue weighted by Gasteiger charge is -2.36. The largest absolute Gasteiger partial charge is 0.374 e. The number of piperidine rings is 1. The van der Waals surface area contributed by atoms with Crippen LogP contribution in [0, 0.1) is 16.7 Å². The number of hydrogen-bond donors (Lipinski definition) is 0. The van der Waals surface area contributed by atoms with Crippen LogP contribution in [0.3, 0.4) is 0 Å². The molecule has 3 heteroatoms. The molecule has 0 aliphatic carbocycles. The van der Waals surface area contributed by atoms with Crippen LogP contribution in [0.25, 0.3) is 0 Å². The minimum atomic E-state index is -0.115. The molecule has 0 aromatic carbocycles. The third kappa shape index (κ3) is 3.61. The van der Waals surface area contributed by atoms with Crippen molar-refractivity contribution in [2.24, 2.45) is 5.41 Å². The molecule has 0 unspecified atom stereocenters. The van der Waals surface area contributed by atoms with Crippen molar-refractivity contribution in [3.63, 3.8) is 0 Å². The average Bonchev–Trinajstić information content (AvgIpc) is 3.23. The lowest BCUT2D eigenvalue weighted by atomic mass is 9.77. The van der Waals surface area contributed by atoms with E-state index in [0.717, 1.165) is 38.9 Å². The Morgan fingerprint density at radius 3 is 2.44 bits per heavy atom. The molecular formula is C15H23N3. The molecule has 98 valence electrons. The first kappa shape index (κ1) is 13.2. The minimum Gasteiger partial charge on any atom is -0.374 e. The highest BCUT2D eigenvalue weighted by molar-refractivity contribution is 5.10. The van der Waals surface area contributed by atoms with Gasteiger partial charge in [0.1, 0.15) is 0 Å². The zero-order valence-electron chi connectivity index (χ0n) is 11.3. The fraction of sp³-hybridized carbons (Fsp3) is 0.667. The molecule has 3 nitrogen and oxygen atoms in total. The molecule has 0 aromatic heterocycles. The van der Waals surface area contributed by atoms with Crippen LogP contribution in [0.1, 0.15) is 26.2 Å². The van der Waals surface area contributed by atoms with Crippen LogP contribution in [-0.2, 0) is 0 Å². The van der Waals surface area contributed by atoms with E-state index in [4.69, 9.17) is 0 Å². The van der Waals surface area contributed by atoms with Gasteiger partial charge in [-0.1, -0.05) is 19.1 Å². The predicted molar refractivity (Wildman–Crippen MR) is 73.9 cm³/mol. The molecule has 2 rings (SSSR count). The molecule has 0 amide bonds. The van der Waals surface area contributed by atoms with Gasteiger partial charge in [0.25, 0.3) is 0 Å². The molecule has 18 heavy (non-hydrogen) atoms. The topological polar surface area (TPSA) is 30.0 Å². The highest BCUT2D eigenvalue weighted by atomic mass is 15.2. The number of nitriles is 1. The summed E-state index contributed by atoms with van der Waals surface area (Å²) in [6, 6.07) is 2.56. The molecule has 0 saturated carbocycles. The number of allylic oxidation sites excluding steroid dienone is 3. The monoisotopic (exact) mass is 245 g/mol. The molecule has 2 aliphatic rings. The van der Waals surface area contributed by atoms with E-state index in [0.29, 0.717) is 0 Å². The molecule has 2 heterocycles. The quantitative estimate of drug-likeness (QED) is 0.550. The van der Waals surface area contributed by atoms with Gasteiger partial charge in [-0.25, -0.2) is 0 Å².